The number of anilines is 2. The molecule has 5 aromatic carbocycles. The van der Waals surface area contributed by atoms with E-state index in [-0.39, 0.29) is 5.91 Å². The fraction of sp³-hybridized carbons (Fsp3) is 0.0833. The topological polar surface area (TPSA) is 84.8 Å². The zero-order valence-electron chi connectivity index (χ0n) is 24.6. The molecule has 0 aliphatic rings. The van der Waals surface area contributed by atoms with Crippen LogP contribution in [-0.4, -0.2) is 24.2 Å². The molecule has 0 saturated heterocycles. The highest BCUT2D eigenvalue weighted by Crippen LogP contribution is 2.34. The number of carbonyl (C=O) groups excluding carboxylic acids is 1. The first-order chi connectivity index (χ1) is 22.0. The lowest BCUT2D eigenvalue weighted by molar-refractivity contribution is 0.0955. The van der Waals surface area contributed by atoms with E-state index >= 15 is 0 Å². The van der Waals surface area contributed by atoms with Crippen LogP contribution >= 0.6 is 27.3 Å². The molecule has 45 heavy (non-hydrogen) atoms. The van der Waals surface area contributed by atoms with Crippen molar-refractivity contribution in [1.82, 2.24) is 10.4 Å². The van der Waals surface area contributed by atoms with Gasteiger partial charge < -0.3 is 14.8 Å². The minimum absolute atomic E-state index is 0.323. The predicted molar refractivity (Wildman–Crippen MR) is 186 cm³/mol. The number of benzene rings is 5. The van der Waals surface area contributed by atoms with Gasteiger partial charge in [0.1, 0.15) is 6.61 Å². The predicted octanol–water partition coefficient (Wildman–Crippen LogP) is 9.13. The Balaban J connectivity index is 1.07. The van der Waals surface area contributed by atoms with E-state index < -0.39 is 0 Å². The van der Waals surface area contributed by atoms with Gasteiger partial charge in [-0.3, -0.25) is 4.79 Å². The standard InChI is InChI=1S/C36H29BrN4O3S/c1-23-10-16-29(17-11-23)39-36-40-32(22-45-36)25-12-14-26(15-13-25)35(42)41-38-20-28-18-33(43-2)34(19-31(28)37)44-21-27-8-5-7-24-6-3-4-9-30(24)27/h3-20,22H,21H2,1-2H3,(H,39,40)(H,41,42)/b38-20-. The van der Waals surface area contributed by atoms with Crippen LogP contribution in [0.2, 0.25) is 0 Å². The number of aromatic nitrogens is 1. The first-order valence-electron chi connectivity index (χ1n) is 14.2. The number of carbonyl (C=O) groups is 1. The molecule has 0 unspecified atom stereocenters. The van der Waals surface area contributed by atoms with Crippen LogP contribution in [0, 0.1) is 6.92 Å². The van der Waals surface area contributed by atoms with Crippen molar-refractivity contribution in [1.29, 1.82) is 0 Å². The number of thiazole rings is 1. The number of fused-ring (bicyclic) bond motifs is 1. The van der Waals surface area contributed by atoms with Crippen LogP contribution in [0.5, 0.6) is 11.5 Å². The summed E-state index contributed by atoms with van der Waals surface area (Å²) in [6.07, 6.45) is 1.56. The van der Waals surface area contributed by atoms with E-state index in [9.17, 15) is 4.79 Å². The molecule has 1 amide bonds. The summed E-state index contributed by atoms with van der Waals surface area (Å²) < 4.78 is 12.5. The monoisotopic (exact) mass is 676 g/mol. The van der Waals surface area contributed by atoms with Gasteiger partial charge in [0, 0.05) is 32.2 Å². The summed E-state index contributed by atoms with van der Waals surface area (Å²) >= 11 is 5.12. The van der Waals surface area contributed by atoms with Gasteiger partial charge >= 0.3 is 0 Å². The molecule has 1 aromatic heterocycles. The molecule has 2 N–H and O–H groups in total. The number of methoxy groups -OCH3 is 1. The van der Waals surface area contributed by atoms with Gasteiger partial charge in [0.25, 0.3) is 5.91 Å². The third kappa shape index (κ3) is 7.22. The molecule has 0 bridgehead atoms. The summed E-state index contributed by atoms with van der Waals surface area (Å²) in [7, 11) is 1.59. The maximum absolute atomic E-state index is 12.8. The van der Waals surface area contributed by atoms with Crippen LogP contribution in [-0.2, 0) is 6.61 Å². The number of amides is 1. The summed E-state index contributed by atoms with van der Waals surface area (Å²) in [6.45, 7) is 2.45. The molecule has 7 nitrogen and oxygen atoms in total. The van der Waals surface area contributed by atoms with E-state index in [1.165, 1.54) is 16.9 Å². The highest BCUT2D eigenvalue weighted by Gasteiger charge is 2.12. The number of hydrogen-bond donors (Lipinski definition) is 2. The fourth-order valence-corrected chi connectivity index (χ4v) is 5.90. The Morgan fingerprint density at radius 2 is 1.73 bits per heavy atom. The van der Waals surface area contributed by atoms with E-state index in [4.69, 9.17) is 9.47 Å². The van der Waals surface area contributed by atoms with Crippen LogP contribution in [0.3, 0.4) is 0 Å². The van der Waals surface area contributed by atoms with Crippen LogP contribution < -0.4 is 20.2 Å². The second kappa shape index (κ2) is 13.8. The van der Waals surface area contributed by atoms with Gasteiger partial charge in [0.15, 0.2) is 16.6 Å². The zero-order valence-corrected chi connectivity index (χ0v) is 27.0. The smallest absolute Gasteiger partial charge is 0.271 e. The molecule has 9 heteroatoms. The molecule has 0 atom stereocenters. The molecule has 0 saturated carbocycles. The lowest BCUT2D eigenvalue weighted by Crippen LogP contribution is -2.17. The second-order valence-electron chi connectivity index (χ2n) is 10.3. The first kappa shape index (κ1) is 30.1. The minimum atomic E-state index is -0.323. The maximum atomic E-state index is 12.8. The Hall–Kier alpha value is -4.99. The number of hydrazone groups is 1. The van der Waals surface area contributed by atoms with Crippen molar-refractivity contribution in [3.8, 4) is 22.8 Å². The highest BCUT2D eigenvalue weighted by atomic mass is 79.9. The van der Waals surface area contributed by atoms with Gasteiger partial charge in [0.2, 0.25) is 0 Å². The van der Waals surface area contributed by atoms with Crippen molar-refractivity contribution in [2.24, 2.45) is 5.10 Å². The molecule has 6 rings (SSSR count). The largest absolute Gasteiger partial charge is 0.493 e. The van der Waals surface area contributed by atoms with Crippen LogP contribution in [0.1, 0.15) is 27.0 Å². The molecule has 1 heterocycles. The van der Waals surface area contributed by atoms with Gasteiger partial charge in [-0.1, -0.05) is 72.3 Å². The minimum Gasteiger partial charge on any atom is -0.493 e. The summed E-state index contributed by atoms with van der Waals surface area (Å²) in [5.41, 5.74) is 8.83. The summed E-state index contributed by atoms with van der Waals surface area (Å²) in [5.74, 6) is 0.828. The maximum Gasteiger partial charge on any atom is 0.271 e. The first-order valence-corrected chi connectivity index (χ1v) is 15.8. The van der Waals surface area contributed by atoms with Gasteiger partial charge in [-0.15, -0.1) is 11.3 Å². The quantitative estimate of drug-likeness (QED) is 0.112. The van der Waals surface area contributed by atoms with Crippen molar-refractivity contribution < 1.29 is 14.3 Å². The zero-order chi connectivity index (χ0) is 31.2. The van der Waals surface area contributed by atoms with Crippen LogP contribution in [0.4, 0.5) is 10.8 Å². The van der Waals surface area contributed by atoms with Crippen LogP contribution in [0.25, 0.3) is 22.0 Å². The van der Waals surface area contributed by atoms with Crippen molar-refractivity contribution in [3.05, 3.63) is 135 Å². The molecule has 0 spiro atoms. The van der Waals surface area contributed by atoms with E-state index in [0.29, 0.717) is 23.7 Å². The van der Waals surface area contributed by atoms with Crippen molar-refractivity contribution >= 4 is 61.0 Å². The van der Waals surface area contributed by atoms with Crippen molar-refractivity contribution in [2.75, 3.05) is 12.4 Å². The van der Waals surface area contributed by atoms with E-state index in [1.807, 2.05) is 60.0 Å². The van der Waals surface area contributed by atoms with Gasteiger partial charge in [-0.25, -0.2) is 10.4 Å². The molecular weight excluding hydrogens is 648 g/mol. The average molecular weight is 678 g/mol. The molecule has 0 aliphatic carbocycles. The van der Waals surface area contributed by atoms with Crippen molar-refractivity contribution in [3.63, 3.8) is 0 Å². The SMILES string of the molecule is COc1cc(/C=N\NC(=O)c2ccc(-c3csc(Nc4ccc(C)cc4)n3)cc2)c(Br)cc1OCc1cccc2ccccc12. The van der Waals surface area contributed by atoms with Gasteiger partial charge in [-0.2, -0.15) is 5.10 Å². The Labute approximate surface area is 273 Å². The summed E-state index contributed by atoms with van der Waals surface area (Å²) in [4.78, 5) is 17.5. The number of nitrogens with zero attached hydrogens (tertiary/aromatic N) is 2. The highest BCUT2D eigenvalue weighted by molar-refractivity contribution is 9.10. The lowest BCUT2D eigenvalue weighted by Gasteiger charge is -2.14. The van der Waals surface area contributed by atoms with Crippen molar-refractivity contribution in [2.45, 2.75) is 13.5 Å². The van der Waals surface area contributed by atoms with E-state index in [0.717, 1.165) is 48.4 Å². The van der Waals surface area contributed by atoms with Gasteiger partial charge in [-0.05, 0) is 75.6 Å². The third-order valence-corrected chi connectivity index (χ3v) is 8.61. The van der Waals surface area contributed by atoms with Gasteiger partial charge in [0.05, 0.1) is 19.0 Å². The molecule has 0 fully saturated rings. The lowest BCUT2D eigenvalue weighted by atomic mass is 10.1. The van der Waals surface area contributed by atoms with Crippen LogP contribution in [0.15, 0.2) is 118 Å². The average Bonchev–Trinajstić information content (AvgIpc) is 3.54. The second-order valence-corrected chi connectivity index (χ2v) is 12.0. The molecule has 0 aliphatic heterocycles. The molecule has 0 radical (unpaired) electrons. The number of ether oxygens (including phenoxy) is 2. The Bertz CT molecular complexity index is 1980. The number of rotatable bonds is 10. The number of hydrogen-bond acceptors (Lipinski definition) is 7. The Morgan fingerprint density at radius 3 is 2.53 bits per heavy atom. The molecular formula is C36H29BrN4O3S. The van der Waals surface area contributed by atoms with E-state index in [1.54, 1.807) is 25.5 Å². The van der Waals surface area contributed by atoms with E-state index in [2.05, 4.69) is 80.1 Å². The number of nitrogens with one attached hydrogen (secondary N) is 2. The summed E-state index contributed by atoms with van der Waals surface area (Å²) in [6, 6.07) is 33.5. The third-order valence-electron chi connectivity index (χ3n) is 7.17. The fourth-order valence-electron chi connectivity index (χ4n) is 4.74. The molecule has 224 valence electrons. The Morgan fingerprint density at radius 1 is 0.956 bits per heavy atom. The molecule has 6 aromatic rings. The number of halogens is 1. The normalized spacial score (nSPS) is 11.1. The number of aryl methyl sites for hydroxylation is 1. The summed E-state index contributed by atoms with van der Waals surface area (Å²) in [5, 5.41) is 12.6. The Kier molecular flexibility index (Phi) is 9.19.